The second kappa shape index (κ2) is 14.8. The fourth-order valence-electron chi connectivity index (χ4n) is 3.88. The Morgan fingerprint density at radius 1 is 1.28 bits per heavy atom. The van der Waals surface area contributed by atoms with Crippen LogP contribution in [0.4, 0.5) is 0 Å². The van der Waals surface area contributed by atoms with Gasteiger partial charge in [0.05, 0.1) is 24.5 Å². The Balaban J connectivity index is 0.000000221. The summed E-state index contributed by atoms with van der Waals surface area (Å²) in [5.41, 5.74) is 8.39. The minimum absolute atomic E-state index is 0.0381. The predicted molar refractivity (Wildman–Crippen MR) is 149 cm³/mol. The van der Waals surface area contributed by atoms with Gasteiger partial charge in [0.25, 0.3) is 0 Å². The maximum Gasteiger partial charge on any atom is 0.237 e. The molecular formula is C28H38N4O3S. The first kappa shape index (κ1) is 27.9. The topological polar surface area (TPSA) is 89.7 Å². The Kier molecular flexibility index (Phi) is 11.5. The summed E-state index contributed by atoms with van der Waals surface area (Å²) in [6.45, 7) is 6.15. The average molecular weight is 511 g/mol. The van der Waals surface area contributed by atoms with Crippen molar-refractivity contribution in [2.24, 2.45) is 5.73 Å². The first-order chi connectivity index (χ1) is 17.5. The van der Waals surface area contributed by atoms with Crippen LogP contribution in [-0.2, 0) is 16.1 Å². The molecule has 3 N–H and O–H groups in total. The number of pyridine rings is 1. The fourth-order valence-corrected chi connectivity index (χ4v) is 4.15. The molecule has 1 amide bonds. The standard InChI is InChI=1S/C17H26N2O2S.C11H12N2O/c1-14(22-2)17(20)18-15-6-5-7-16(9-8-15)19-10-3-4-12-21-13-11-19;1-14-10-2-3-11-9(5-10)4-8(6-12)7-13-11/h5-9,14,16H,3-4,10-13H2,1-2H3,(H,18,20);2-5,7H,6,12H2,1H3. The van der Waals surface area contributed by atoms with Crippen LogP contribution in [0.2, 0.25) is 0 Å². The lowest BCUT2D eigenvalue weighted by Gasteiger charge is -2.29. The second-order valence-corrected chi connectivity index (χ2v) is 9.86. The molecule has 1 fully saturated rings. The molecule has 2 atom stereocenters. The van der Waals surface area contributed by atoms with Gasteiger partial charge in [0.15, 0.2) is 0 Å². The fraction of sp³-hybridized carbons (Fsp3) is 0.429. The molecule has 4 rings (SSSR count). The highest BCUT2D eigenvalue weighted by molar-refractivity contribution is 7.99. The molecule has 0 radical (unpaired) electrons. The number of amides is 1. The minimum atomic E-state index is -0.0381. The first-order valence-corrected chi connectivity index (χ1v) is 13.7. The van der Waals surface area contributed by atoms with Crippen molar-refractivity contribution in [3.63, 3.8) is 0 Å². The molecule has 2 heterocycles. The number of allylic oxidation sites excluding steroid dienone is 3. The van der Waals surface area contributed by atoms with E-state index in [-0.39, 0.29) is 17.2 Å². The van der Waals surface area contributed by atoms with Gasteiger partial charge in [-0.25, -0.2) is 0 Å². The molecule has 1 aromatic carbocycles. The smallest absolute Gasteiger partial charge is 0.237 e. The molecule has 2 aromatic rings. The van der Waals surface area contributed by atoms with Crippen LogP contribution in [0.25, 0.3) is 10.9 Å². The number of fused-ring (bicyclic) bond motifs is 1. The van der Waals surface area contributed by atoms with E-state index in [0.717, 1.165) is 60.6 Å². The van der Waals surface area contributed by atoms with Crippen molar-refractivity contribution in [1.82, 2.24) is 15.2 Å². The summed E-state index contributed by atoms with van der Waals surface area (Å²) in [5.74, 6) is 0.892. The van der Waals surface area contributed by atoms with Gasteiger partial charge in [-0.1, -0.05) is 18.2 Å². The summed E-state index contributed by atoms with van der Waals surface area (Å²) >= 11 is 1.55. The number of carbonyl (C=O) groups is 1. The number of rotatable bonds is 6. The number of nitrogens with two attached hydrogens (primary N) is 1. The van der Waals surface area contributed by atoms with Crippen LogP contribution in [0.5, 0.6) is 5.75 Å². The number of carbonyl (C=O) groups excluding carboxylic acids is 1. The first-order valence-electron chi connectivity index (χ1n) is 12.4. The van der Waals surface area contributed by atoms with E-state index in [1.54, 1.807) is 25.1 Å². The Morgan fingerprint density at radius 3 is 2.92 bits per heavy atom. The van der Waals surface area contributed by atoms with Crippen molar-refractivity contribution in [2.75, 3.05) is 39.7 Å². The van der Waals surface area contributed by atoms with E-state index < -0.39 is 0 Å². The highest BCUT2D eigenvalue weighted by Gasteiger charge is 2.16. The van der Waals surface area contributed by atoms with Crippen LogP contribution in [-0.4, -0.2) is 66.8 Å². The zero-order chi connectivity index (χ0) is 25.8. The monoisotopic (exact) mass is 510 g/mol. The molecule has 0 spiro atoms. The van der Waals surface area contributed by atoms with Crippen molar-refractivity contribution >= 4 is 28.6 Å². The zero-order valence-electron chi connectivity index (χ0n) is 21.5. The van der Waals surface area contributed by atoms with Crippen LogP contribution >= 0.6 is 11.8 Å². The summed E-state index contributed by atoms with van der Waals surface area (Å²) in [6.07, 6.45) is 16.4. The van der Waals surface area contributed by atoms with E-state index in [2.05, 4.69) is 27.4 Å². The van der Waals surface area contributed by atoms with Crippen LogP contribution in [0.1, 0.15) is 25.3 Å². The largest absolute Gasteiger partial charge is 0.497 e. The number of hydrogen-bond donors (Lipinski definition) is 2. The Bertz CT molecular complexity index is 1040. The molecule has 194 valence electrons. The number of aromatic nitrogens is 1. The summed E-state index contributed by atoms with van der Waals surface area (Å²) in [6, 6.07) is 8.10. The highest BCUT2D eigenvalue weighted by atomic mass is 32.2. The number of benzene rings is 1. The van der Waals surface area contributed by atoms with Gasteiger partial charge in [-0.2, -0.15) is 11.8 Å². The van der Waals surface area contributed by atoms with E-state index in [4.69, 9.17) is 15.2 Å². The zero-order valence-corrected chi connectivity index (χ0v) is 22.3. The summed E-state index contributed by atoms with van der Waals surface area (Å²) in [7, 11) is 1.65. The van der Waals surface area contributed by atoms with Crippen LogP contribution < -0.4 is 15.8 Å². The van der Waals surface area contributed by atoms with Crippen molar-refractivity contribution < 1.29 is 14.3 Å². The molecule has 1 saturated heterocycles. The third kappa shape index (κ3) is 8.48. The molecule has 1 aromatic heterocycles. The van der Waals surface area contributed by atoms with Crippen molar-refractivity contribution in [2.45, 2.75) is 37.6 Å². The molecule has 0 bridgehead atoms. The van der Waals surface area contributed by atoms with Gasteiger partial charge in [-0.3, -0.25) is 14.7 Å². The average Bonchev–Trinajstić information content (AvgIpc) is 3.13. The summed E-state index contributed by atoms with van der Waals surface area (Å²) in [4.78, 5) is 18.7. The number of hydrogen-bond acceptors (Lipinski definition) is 7. The van der Waals surface area contributed by atoms with E-state index in [9.17, 15) is 4.79 Å². The van der Waals surface area contributed by atoms with Gasteiger partial charge in [0, 0.05) is 43.0 Å². The molecule has 1 aliphatic carbocycles. The SMILES string of the molecule is COc1ccc2ncc(CN)cc2c1.CSC(C)C(=O)NC1=CC=CC(N2CCCCOCC2)C=C1. The third-order valence-corrected chi connectivity index (χ3v) is 7.08. The van der Waals surface area contributed by atoms with Crippen molar-refractivity contribution in [3.8, 4) is 5.75 Å². The number of thioether (sulfide) groups is 1. The van der Waals surface area contributed by atoms with Gasteiger partial charge in [-0.15, -0.1) is 0 Å². The quantitative estimate of drug-likeness (QED) is 0.606. The molecule has 1 aliphatic heterocycles. The molecule has 8 heteroatoms. The second-order valence-electron chi connectivity index (χ2n) is 8.69. The minimum Gasteiger partial charge on any atom is -0.497 e. The molecule has 2 unspecified atom stereocenters. The van der Waals surface area contributed by atoms with Crippen LogP contribution in [0.15, 0.2) is 66.5 Å². The highest BCUT2D eigenvalue weighted by Crippen LogP contribution is 2.19. The lowest BCUT2D eigenvalue weighted by Crippen LogP contribution is -2.37. The van der Waals surface area contributed by atoms with E-state index in [0.29, 0.717) is 6.54 Å². The Morgan fingerprint density at radius 2 is 2.14 bits per heavy atom. The van der Waals surface area contributed by atoms with Gasteiger partial charge >= 0.3 is 0 Å². The number of nitrogens with zero attached hydrogens (tertiary/aromatic N) is 2. The summed E-state index contributed by atoms with van der Waals surface area (Å²) < 4.78 is 10.7. The number of ether oxygens (including phenoxy) is 2. The van der Waals surface area contributed by atoms with Crippen molar-refractivity contribution in [3.05, 3.63) is 72.1 Å². The third-order valence-electron chi connectivity index (χ3n) is 6.16. The van der Waals surface area contributed by atoms with E-state index in [1.807, 2.05) is 55.7 Å². The molecule has 36 heavy (non-hydrogen) atoms. The van der Waals surface area contributed by atoms with Gasteiger partial charge in [-0.05, 0) is 74.5 Å². The molecule has 0 saturated carbocycles. The normalized spacial score (nSPS) is 19.2. The Labute approximate surface area is 218 Å². The van der Waals surface area contributed by atoms with E-state index in [1.165, 1.54) is 6.42 Å². The number of methoxy groups -OCH3 is 1. The van der Waals surface area contributed by atoms with Crippen LogP contribution in [0, 0.1) is 0 Å². The molecule has 7 nitrogen and oxygen atoms in total. The maximum absolute atomic E-state index is 12.0. The summed E-state index contributed by atoms with van der Waals surface area (Å²) in [5, 5.41) is 4.00. The maximum atomic E-state index is 12.0. The predicted octanol–water partition coefficient (Wildman–Crippen LogP) is 4.05. The Hall–Kier alpha value is -2.65. The molecular weight excluding hydrogens is 472 g/mol. The van der Waals surface area contributed by atoms with E-state index >= 15 is 0 Å². The number of nitrogens with one attached hydrogen (secondary N) is 1. The molecule has 2 aliphatic rings. The van der Waals surface area contributed by atoms with Gasteiger partial charge < -0.3 is 20.5 Å². The van der Waals surface area contributed by atoms with Gasteiger partial charge in [0.2, 0.25) is 5.91 Å². The lowest BCUT2D eigenvalue weighted by atomic mass is 10.1. The lowest BCUT2D eigenvalue weighted by molar-refractivity contribution is -0.119. The van der Waals surface area contributed by atoms with Crippen molar-refractivity contribution in [1.29, 1.82) is 0 Å². The van der Waals surface area contributed by atoms with Gasteiger partial charge in [0.1, 0.15) is 5.75 Å². The van der Waals surface area contributed by atoms with Crippen LogP contribution in [0.3, 0.4) is 0 Å².